The molecule has 2 heterocycles. The Morgan fingerprint density at radius 2 is 1.93 bits per heavy atom. The molecule has 1 aliphatic heterocycles. The van der Waals surface area contributed by atoms with E-state index in [1.807, 2.05) is 27.7 Å². The number of benzene rings is 1. The first-order chi connectivity index (χ1) is 14.1. The summed E-state index contributed by atoms with van der Waals surface area (Å²) < 4.78 is 25.0. The third kappa shape index (κ3) is 4.99. The van der Waals surface area contributed by atoms with Crippen molar-refractivity contribution in [2.24, 2.45) is 5.73 Å². The first-order valence-electron chi connectivity index (χ1n) is 10.2. The lowest BCUT2D eigenvalue weighted by atomic mass is 10.0. The second-order valence-electron chi connectivity index (χ2n) is 8.70. The molecular weight excluding hydrogens is 387 g/mol. The first kappa shape index (κ1) is 22.2. The number of nitrogens with zero attached hydrogens (tertiary/aromatic N) is 3. The molecule has 2 N–H and O–H groups in total. The van der Waals surface area contributed by atoms with Crippen LogP contribution in [-0.4, -0.2) is 59.8 Å². The van der Waals surface area contributed by atoms with E-state index in [2.05, 4.69) is 4.90 Å². The van der Waals surface area contributed by atoms with Crippen molar-refractivity contribution in [3.05, 3.63) is 35.3 Å². The number of nitrogens with two attached hydrogens (primary N) is 1. The average Bonchev–Trinajstić information content (AvgIpc) is 2.66. The number of halogens is 1. The molecule has 0 spiro atoms. The Morgan fingerprint density at radius 3 is 2.50 bits per heavy atom. The molecule has 0 radical (unpaired) electrons. The largest absolute Gasteiger partial charge is 0.496 e. The van der Waals surface area contributed by atoms with E-state index in [0.717, 1.165) is 11.3 Å². The minimum atomic E-state index is -0.514. The number of hydrogen-bond acceptors (Lipinski definition) is 6. The summed E-state index contributed by atoms with van der Waals surface area (Å²) in [5.74, 6) is 0.259. The molecule has 8 heteroatoms. The molecule has 1 saturated heterocycles. The van der Waals surface area contributed by atoms with Gasteiger partial charge in [-0.3, -0.25) is 9.88 Å². The summed E-state index contributed by atoms with van der Waals surface area (Å²) in [6.07, 6.45) is -0.293. The zero-order valence-electron chi connectivity index (χ0n) is 18.4. The van der Waals surface area contributed by atoms with Gasteiger partial charge in [0.2, 0.25) is 0 Å². The second kappa shape index (κ2) is 8.73. The molecule has 1 fully saturated rings. The summed E-state index contributed by atoms with van der Waals surface area (Å²) in [7, 11) is 1.58. The van der Waals surface area contributed by atoms with Crippen LogP contribution in [0.3, 0.4) is 0 Å². The smallest absolute Gasteiger partial charge is 0.410 e. The van der Waals surface area contributed by atoms with Gasteiger partial charge in [0.05, 0.1) is 18.3 Å². The molecule has 1 unspecified atom stereocenters. The number of piperazine rings is 1. The van der Waals surface area contributed by atoms with E-state index >= 15 is 0 Å². The number of carbonyl (C=O) groups is 1. The van der Waals surface area contributed by atoms with Gasteiger partial charge in [-0.25, -0.2) is 9.18 Å². The molecule has 0 aliphatic carbocycles. The maximum Gasteiger partial charge on any atom is 0.410 e. The molecule has 1 aliphatic rings. The average molecular weight is 419 g/mol. The van der Waals surface area contributed by atoms with E-state index in [9.17, 15) is 9.18 Å². The highest BCUT2D eigenvalue weighted by molar-refractivity contribution is 5.87. The van der Waals surface area contributed by atoms with Gasteiger partial charge < -0.3 is 20.1 Å². The van der Waals surface area contributed by atoms with Gasteiger partial charge in [-0.15, -0.1) is 0 Å². The van der Waals surface area contributed by atoms with Crippen molar-refractivity contribution in [3.8, 4) is 5.75 Å². The van der Waals surface area contributed by atoms with Crippen molar-refractivity contribution in [1.82, 2.24) is 14.8 Å². The number of methoxy groups -OCH3 is 1. The van der Waals surface area contributed by atoms with Crippen molar-refractivity contribution >= 4 is 17.0 Å². The summed E-state index contributed by atoms with van der Waals surface area (Å²) in [6, 6.07) is 4.17. The zero-order chi connectivity index (χ0) is 22.1. The van der Waals surface area contributed by atoms with Crippen molar-refractivity contribution < 1.29 is 18.7 Å². The molecule has 2 aromatic rings. The Morgan fingerprint density at radius 1 is 1.27 bits per heavy atom. The van der Waals surface area contributed by atoms with Gasteiger partial charge in [0.1, 0.15) is 17.2 Å². The summed E-state index contributed by atoms with van der Waals surface area (Å²) in [5.41, 5.74) is 7.94. The first-order valence-corrected chi connectivity index (χ1v) is 10.2. The van der Waals surface area contributed by atoms with Gasteiger partial charge in [-0.05, 0) is 45.9 Å². The van der Waals surface area contributed by atoms with E-state index in [4.69, 9.17) is 20.2 Å². The number of hydrogen-bond donors (Lipinski definition) is 1. The van der Waals surface area contributed by atoms with Gasteiger partial charge in [-0.2, -0.15) is 0 Å². The Bertz CT molecular complexity index is 919. The lowest BCUT2D eigenvalue weighted by molar-refractivity contribution is 0.0138. The molecule has 1 aromatic carbocycles. The van der Waals surface area contributed by atoms with Crippen LogP contribution in [0.25, 0.3) is 10.9 Å². The molecule has 1 atom stereocenters. The third-order valence-electron chi connectivity index (χ3n) is 5.07. The van der Waals surface area contributed by atoms with E-state index < -0.39 is 5.60 Å². The zero-order valence-corrected chi connectivity index (χ0v) is 18.4. The number of carbonyl (C=O) groups excluding carboxylic acids is 1. The quantitative estimate of drug-likeness (QED) is 0.819. The number of rotatable bonds is 4. The maximum absolute atomic E-state index is 13.9. The Kier molecular flexibility index (Phi) is 6.47. The normalized spacial score (nSPS) is 16.6. The van der Waals surface area contributed by atoms with Gasteiger partial charge in [0.25, 0.3) is 0 Å². The summed E-state index contributed by atoms with van der Waals surface area (Å²) in [5, 5.41) is 0.629. The Balaban J connectivity index is 1.82. The van der Waals surface area contributed by atoms with Crippen LogP contribution in [0.1, 0.15) is 45.0 Å². The highest BCUT2D eigenvalue weighted by atomic mass is 19.1. The molecule has 1 amide bonds. The van der Waals surface area contributed by atoms with E-state index in [1.54, 1.807) is 18.1 Å². The van der Waals surface area contributed by atoms with Crippen molar-refractivity contribution in [3.63, 3.8) is 0 Å². The molecule has 7 nitrogen and oxygen atoms in total. The predicted molar refractivity (Wildman–Crippen MR) is 114 cm³/mol. The molecule has 1 aromatic heterocycles. The number of ether oxygens (including phenoxy) is 2. The van der Waals surface area contributed by atoms with Crippen LogP contribution in [0.2, 0.25) is 0 Å². The van der Waals surface area contributed by atoms with Crippen molar-refractivity contribution in [1.29, 1.82) is 0 Å². The Labute approximate surface area is 176 Å². The van der Waals surface area contributed by atoms with Crippen LogP contribution in [-0.2, 0) is 11.3 Å². The molecular formula is C22H31FN4O3. The van der Waals surface area contributed by atoms with Crippen LogP contribution in [0.15, 0.2) is 18.2 Å². The lowest BCUT2D eigenvalue weighted by Gasteiger charge is -2.36. The fourth-order valence-corrected chi connectivity index (χ4v) is 3.66. The van der Waals surface area contributed by atoms with E-state index in [-0.39, 0.29) is 18.0 Å². The van der Waals surface area contributed by atoms with Crippen LogP contribution < -0.4 is 10.5 Å². The minimum absolute atomic E-state index is 0.293. The number of pyridine rings is 1. The monoisotopic (exact) mass is 418 g/mol. The van der Waals surface area contributed by atoms with Gasteiger partial charge in [0, 0.05) is 49.7 Å². The predicted octanol–water partition coefficient (Wildman–Crippen LogP) is 3.45. The summed E-state index contributed by atoms with van der Waals surface area (Å²) in [6.45, 7) is 10.5. The van der Waals surface area contributed by atoms with E-state index in [0.29, 0.717) is 49.4 Å². The highest BCUT2D eigenvalue weighted by Crippen LogP contribution is 2.34. The Hall–Kier alpha value is -2.45. The number of aromatic nitrogens is 1. The maximum atomic E-state index is 13.9. The highest BCUT2D eigenvalue weighted by Gasteiger charge is 2.27. The van der Waals surface area contributed by atoms with Gasteiger partial charge in [0.15, 0.2) is 0 Å². The molecule has 30 heavy (non-hydrogen) atoms. The molecule has 0 bridgehead atoms. The molecule has 3 rings (SSSR count). The SMILES string of the molecule is COc1c(CN2CCN(C(=O)OC(C)(C)C)CC2)c(C(C)N)nc2ccc(F)cc12. The lowest BCUT2D eigenvalue weighted by Crippen LogP contribution is -2.49. The van der Waals surface area contributed by atoms with Crippen LogP contribution >= 0.6 is 0 Å². The van der Waals surface area contributed by atoms with Gasteiger partial charge in [-0.1, -0.05) is 0 Å². The van der Waals surface area contributed by atoms with Gasteiger partial charge >= 0.3 is 6.09 Å². The third-order valence-corrected chi connectivity index (χ3v) is 5.07. The molecule has 164 valence electrons. The molecule has 0 saturated carbocycles. The van der Waals surface area contributed by atoms with Crippen LogP contribution in [0.4, 0.5) is 9.18 Å². The number of fused-ring (bicyclic) bond motifs is 1. The summed E-state index contributed by atoms with van der Waals surface area (Å²) >= 11 is 0. The second-order valence-corrected chi connectivity index (χ2v) is 8.70. The minimum Gasteiger partial charge on any atom is -0.496 e. The van der Waals surface area contributed by atoms with Crippen LogP contribution in [0, 0.1) is 5.82 Å². The summed E-state index contributed by atoms with van der Waals surface area (Å²) in [4.78, 5) is 20.9. The fraction of sp³-hybridized carbons (Fsp3) is 0.545. The van der Waals surface area contributed by atoms with Crippen molar-refractivity contribution in [2.75, 3.05) is 33.3 Å². The van der Waals surface area contributed by atoms with Crippen LogP contribution in [0.5, 0.6) is 5.75 Å². The van der Waals surface area contributed by atoms with Crippen molar-refractivity contribution in [2.45, 2.75) is 45.9 Å². The standard InChI is InChI=1S/C22H31FN4O3/c1-14(24)19-17(20(29-5)16-12-15(23)6-7-18(16)25-19)13-26-8-10-27(11-9-26)21(28)30-22(2,3)4/h6-7,12,14H,8-11,13,24H2,1-5H3. The number of amides is 1. The fourth-order valence-electron chi connectivity index (χ4n) is 3.66. The van der Waals surface area contributed by atoms with E-state index in [1.165, 1.54) is 12.1 Å². The topological polar surface area (TPSA) is 80.9 Å².